The Kier molecular flexibility index (Phi) is 6.51. The van der Waals surface area contributed by atoms with Crippen molar-refractivity contribution in [3.63, 3.8) is 0 Å². The molecule has 0 aliphatic rings. The van der Waals surface area contributed by atoms with Gasteiger partial charge in [0.1, 0.15) is 12.5 Å². The maximum Gasteiger partial charge on any atom is 0.485 e. The van der Waals surface area contributed by atoms with Crippen molar-refractivity contribution in [3.05, 3.63) is 29.8 Å². The zero-order chi connectivity index (χ0) is 16.1. The molecule has 5 nitrogen and oxygen atoms in total. The summed E-state index contributed by atoms with van der Waals surface area (Å²) in [6.45, 7) is 0. The molecule has 10 heteroatoms. The third-order valence-corrected chi connectivity index (χ3v) is 3.60. The highest BCUT2D eigenvalue weighted by Gasteiger charge is 2.36. The minimum atomic E-state index is -6.09. The van der Waals surface area contributed by atoms with Crippen molar-refractivity contribution in [2.45, 2.75) is 10.4 Å². The molecule has 1 aromatic rings. The minimum absolute atomic E-state index is 0.131. The summed E-state index contributed by atoms with van der Waals surface area (Å²) < 4.78 is 58.9. The Morgan fingerprint density at radius 3 is 2.05 bits per heavy atom. The summed E-state index contributed by atoms with van der Waals surface area (Å²) in [6.07, 6.45) is 4.14. The summed E-state index contributed by atoms with van der Waals surface area (Å²) in [5.41, 5.74) is -5.28. The van der Waals surface area contributed by atoms with E-state index in [-0.39, 0.29) is 10.9 Å². The molecule has 1 aromatic carbocycles. The molecule has 0 saturated heterocycles. The van der Waals surface area contributed by atoms with Gasteiger partial charge in [-0.05, 0) is 12.1 Å². The molecule has 0 heterocycles. The highest BCUT2D eigenvalue weighted by Crippen LogP contribution is 2.20. The van der Waals surface area contributed by atoms with Gasteiger partial charge in [-0.1, -0.05) is 6.07 Å². The number of halogens is 3. The quantitative estimate of drug-likeness (QED) is 0.505. The topological polar surface area (TPSA) is 94.5 Å². The largest absolute Gasteiger partial charge is 0.741 e. The first kappa shape index (κ1) is 18.7. The normalized spacial score (nSPS) is 11.8. The molecule has 0 aliphatic heterocycles. The molecule has 1 N–H and O–H groups in total. The van der Waals surface area contributed by atoms with Gasteiger partial charge in [0.15, 0.2) is 15.0 Å². The van der Waals surface area contributed by atoms with Crippen molar-refractivity contribution in [1.82, 2.24) is 0 Å². The van der Waals surface area contributed by atoms with Crippen LogP contribution in [0, 0.1) is 0 Å². The van der Waals surface area contributed by atoms with E-state index < -0.39 is 21.6 Å². The molecule has 0 spiro atoms. The molecule has 0 aliphatic carbocycles. The van der Waals surface area contributed by atoms with Gasteiger partial charge < -0.3 is 9.66 Å². The average Bonchev–Trinajstić information content (AvgIpc) is 2.27. The summed E-state index contributed by atoms with van der Waals surface area (Å²) in [5.74, 6) is -0.859. The van der Waals surface area contributed by atoms with Gasteiger partial charge in [0, 0.05) is 17.0 Å². The van der Waals surface area contributed by atoms with Crippen LogP contribution in [-0.2, 0) is 21.0 Å². The van der Waals surface area contributed by atoms with Crippen LogP contribution in [0.3, 0.4) is 0 Å². The van der Waals surface area contributed by atoms with Gasteiger partial charge in [0.2, 0.25) is 0 Å². The Morgan fingerprint density at radius 1 is 1.30 bits per heavy atom. The van der Waals surface area contributed by atoms with Crippen LogP contribution in [0.5, 0.6) is 0 Å². The van der Waals surface area contributed by atoms with E-state index >= 15 is 0 Å². The predicted octanol–water partition coefficient (Wildman–Crippen LogP) is 1.67. The average molecular weight is 332 g/mol. The van der Waals surface area contributed by atoms with Crippen LogP contribution < -0.4 is 0 Å². The minimum Gasteiger partial charge on any atom is -0.741 e. The number of carboxylic acid groups (broad SMARTS) is 1. The Hall–Kier alpha value is -1.26. The second-order valence-corrected chi connectivity index (χ2v) is 7.02. The number of carboxylic acids is 1. The lowest BCUT2D eigenvalue weighted by Gasteiger charge is -2.08. The number of hydrogen-bond acceptors (Lipinski definition) is 4. The van der Waals surface area contributed by atoms with Crippen LogP contribution in [0.15, 0.2) is 29.2 Å². The molecule has 0 amide bonds. The maximum atomic E-state index is 10.7. The van der Waals surface area contributed by atoms with Crippen LogP contribution in [0.1, 0.15) is 10.4 Å². The second-order valence-electron chi connectivity index (χ2n) is 3.55. The molecule has 0 fully saturated rings. The van der Waals surface area contributed by atoms with E-state index in [0.717, 1.165) is 4.90 Å². The van der Waals surface area contributed by atoms with Gasteiger partial charge in [0.25, 0.3) is 0 Å². The third-order valence-electron chi connectivity index (χ3n) is 1.84. The molecule has 0 unspecified atom stereocenters. The van der Waals surface area contributed by atoms with Gasteiger partial charge in [-0.3, -0.25) is 0 Å². The highest BCUT2D eigenvalue weighted by atomic mass is 32.2. The summed E-state index contributed by atoms with van der Waals surface area (Å²) in [7, 11) is -5.96. The lowest BCUT2D eigenvalue weighted by atomic mass is 10.2. The summed E-state index contributed by atoms with van der Waals surface area (Å²) in [5, 5.41) is 8.69. The van der Waals surface area contributed by atoms with Crippen molar-refractivity contribution in [2.75, 3.05) is 12.5 Å². The Labute approximate surface area is 116 Å². The lowest BCUT2D eigenvalue weighted by molar-refractivity contribution is -0.0517. The number of rotatable bonds is 2. The molecular weight excluding hydrogens is 321 g/mol. The van der Waals surface area contributed by atoms with Crippen molar-refractivity contribution in [3.8, 4) is 0 Å². The Morgan fingerprint density at radius 2 is 1.75 bits per heavy atom. The standard InChI is InChI=1S/C9H10O2S.CHF3O3S/c1-12(2)8-5-3-4-7(6-8)9(10)11;2-1(3,4)8(5,6)7/h3-6H,1-2H3;(H,5,6,7). The van der Waals surface area contributed by atoms with Crippen molar-refractivity contribution in [2.24, 2.45) is 0 Å². The molecule has 114 valence electrons. The number of alkyl halides is 3. The highest BCUT2D eigenvalue weighted by molar-refractivity contribution is 7.95. The molecule has 20 heavy (non-hydrogen) atoms. The third kappa shape index (κ3) is 6.26. The van der Waals surface area contributed by atoms with Gasteiger partial charge in [-0.25, -0.2) is 13.2 Å². The smallest absolute Gasteiger partial charge is 0.485 e. The molecule has 0 aromatic heterocycles. The first-order valence-electron chi connectivity index (χ1n) is 4.79. The lowest BCUT2D eigenvalue weighted by Crippen LogP contribution is -2.21. The zero-order valence-electron chi connectivity index (χ0n) is 10.3. The number of carbonyl (C=O) groups is 1. The van der Waals surface area contributed by atoms with Crippen LogP contribution in [-0.4, -0.2) is 42.1 Å². The van der Waals surface area contributed by atoms with E-state index in [1.807, 2.05) is 6.07 Å². The summed E-state index contributed by atoms with van der Waals surface area (Å²) in [6, 6.07) is 7.07. The van der Waals surface area contributed by atoms with E-state index in [9.17, 15) is 18.0 Å². The van der Waals surface area contributed by atoms with E-state index in [2.05, 4.69) is 12.5 Å². The Bertz CT molecular complexity index is 567. The molecule has 0 atom stereocenters. The fourth-order valence-electron chi connectivity index (χ4n) is 0.883. The Balaban J connectivity index is 0.000000396. The fraction of sp³-hybridized carbons (Fsp3) is 0.300. The van der Waals surface area contributed by atoms with Gasteiger partial charge in [-0.15, -0.1) is 0 Å². The predicted molar refractivity (Wildman–Crippen MR) is 66.6 cm³/mol. The van der Waals surface area contributed by atoms with Gasteiger partial charge in [0.05, 0.1) is 5.56 Å². The first-order valence-corrected chi connectivity index (χ1v) is 8.24. The van der Waals surface area contributed by atoms with Crippen LogP contribution in [0.2, 0.25) is 0 Å². The van der Waals surface area contributed by atoms with Gasteiger partial charge in [-0.2, -0.15) is 13.2 Å². The van der Waals surface area contributed by atoms with E-state index in [1.54, 1.807) is 18.2 Å². The summed E-state index contributed by atoms with van der Waals surface area (Å²) >= 11 is 0. The van der Waals surface area contributed by atoms with Crippen LogP contribution >= 0.6 is 0 Å². The van der Waals surface area contributed by atoms with Crippen molar-refractivity contribution in [1.29, 1.82) is 0 Å². The molecule has 0 radical (unpaired) electrons. The first-order chi connectivity index (χ1) is 8.86. The molecular formula is C10H11F3O5S2. The van der Waals surface area contributed by atoms with Crippen LogP contribution in [0.4, 0.5) is 13.2 Å². The number of aromatic carboxylic acids is 1. The molecule has 1 rings (SSSR count). The van der Waals surface area contributed by atoms with E-state index in [1.165, 1.54) is 0 Å². The second kappa shape index (κ2) is 6.95. The van der Waals surface area contributed by atoms with Gasteiger partial charge >= 0.3 is 11.5 Å². The fourth-order valence-corrected chi connectivity index (χ4v) is 1.60. The van der Waals surface area contributed by atoms with E-state index in [0.29, 0.717) is 5.56 Å². The van der Waals surface area contributed by atoms with Crippen molar-refractivity contribution >= 4 is 27.0 Å². The molecule has 0 bridgehead atoms. The molecule has 0 saturated carbocycles. The summed E-state index contributed by atoms with van der Waals surface area (Å²) in [4.78, 5) is 11.7. The monoisotopic (exact) mass is 332 g/mol. The maximum absolute atomic E-state index is 10.7. The number of benzene rings is 1. The zero-order valence-corrected chi connectivity index (χ0v) is 12.0. The SMILES string of the molecule is C[S+](C)c1cccc(C(=O)O)c1.O=S(=O)([O-])C(F)(F)F. The van der Waals surface area contributed by atoms with E-state index in [4.69, 9.17) is 18.1 Å². The number of hydrogen-bond donors (Lipinski definition) is 1. The van der Waals surface area contributed by atoms with Crippen LogP contribution in [0.25, 0.3) is 0 Å². The van der Waals surface area contributed by atoms with Crippen molar-refractivity contribution < 1.29 is 36.0 Å².